The molecule has 12 heavy (non-hydrogen) atoms. The zero-order valence-electron chi connectivity index (χ0n) is 6.11. The summed E-state index contributed by atoms with van der Waals surface area (Å²) in [6.45, 7) is 1.40. The van der Waals surface area contributed by atoms with Crippen molar-refractivity contribution in [3.63, 3.8) is 0 Å². The van der Waals surface area contributed by atoms with Gasteiger partial charge in [0, 0.05) is 6.20 Å². The third kappa shape index (κ3) is 1.77. The number of hydrogen-bond acceptors (Lipinski definition) is 1. The molecular weight excluding hydrogens is 235 g/mol. The van der Waals surface area contributed by atoms with Gasteiger partial charge in [0.1, 0.15) is 4.60 Å². The topological polar surface area (TPSA) is 12.9 Å². The van der Waals surface area contributed by atoms with Gasteiger partial charge < -0.3 is 0 Å². The van der Waals surface area contributed by atoms with E-state index in [0.717, 1.165) is 0 Å². The molecule has 1 nitrogen and oxygen atoms in total. The van der Waals surface area contributed by atoms with Gasteiger partial charge in [-0.15, -0.1) is 0 Å². The van der Waals surface area contributed by atoms with E-state index in [0.29, 0.717) is 0 Å². The molecule has 1 heterocycles. The lowest BCUT2D eigenvalue weighted by molar-refractivity contribution is -0.138. The van der Waals surface area contributed by atoms with E-state index in [4.69, 9.17) is 0 Å². The molecule has 0 N–H and O–H groups in total. The number of pyridine rings is 1. The Morgan fingerprint density at radius 1 is 1.42 bits per heavy atom. The highest BCUT2D eigenvalue weighted by Gasteiger charge is 2.35. The summed E-state index contributed by atoms with van der Waals surface area (Å²) >= 11 is 2.75. The van der Waals surface area contributed by atoms with Crippen LogP contribution in [0.15, 0.2) is 16.9 Å². The van der Waals surface area contributed by atoms with Crippen LogP contribution in [0.3, 0.4) is 0 Å². The van der Waals surface area contributed by atoms with Crippen LogP contribution in [0.25, 0.3) is 0 Å². The molecule has 0 aliphatic carbocycles. The Bertz CT molecular complexity index is 275. The van der Waals surface area contributed by atoms with E-state index in [1.54, 1.807) is 0 Å². The van der Waals surface area contributed by atoms with Crippen molar-refractivity contribution in [1.82, 2.24) is 4.98 Å². The van der Waals surface area contributed by atoms with Gasteiger partial charge in [0.15, 0.2) is 0 Å². The van der Waals surface area contributed by atoms with E-state index >= 15 is 0 Å². The van der Waals surface area contributed by atoms with Crippen molar-refractivity contribution >= 4 is 15.9 Å². The number of nitrogens with zero attached hydrogens (tertiary/aromatic N) is 1. The van der Waals surface area contributed by atoms with E-state index < -0.39 is 11.7 Å². The Balaban J connectivity index is 3.31. The third-order valence-corrected chi connectivity index (χ3v) is 2.00. The molecule has 0 atom stereocenters. The molecule has 1 aromatic heterocycles. The Hall–Kier alpha value is -0.580. The van der Waals surface area contributed by atoms with Gasteiger partial charge in [-0.1, -0.05) is 0 Å². The molecule has 1 aromatic rings. The van der Waals surface area contributed by atoms with E-state index in [2.05, 4.69) is 20.9 Å². The normalized spacial score (nSPS) is 11.8. The van der Waals surface area contributed by atoms with Crippen LogP contribution >= 0.6 is 15.9 Å². The minimum atomic E-state index is -4.34. The Kier molecular flexibility index (Phi) is 2.41. The highest BCUT2D eigenvalue weighted by atomic mass is 79.9. The number of aromatic nitrogens is 1. The van der Waals surface area contributed by atoms with Gasteiger partial charge in [-0.25, -0.2) is 4.98 Å². The molecule has 0 saturated carbocycles. The second kappa shape index (κ2) is 3.05. The molecule has 5 heteroatoms. The first kappa shape index (κ1) is 9.51. The summed E-state index contributed by atoms with van der Waals surface area (Å²) in [4.78, 5) is 3.50. The van der Waals surface area contributed by atoms with Crippen LogP contribution in [0.1, 0.15) is 11.1 Å². The standard InChI is InChI=1S/C7H5BrF3N/c1-4-2-3-12-6(8)5(4)7(9,10)11/h2-3H,1H3. The number of halogens is 4. The third-order valence-electron chi connectivity index (χ3n) is 1.40. The van der Waals surface area contributed by atoms with E-state index in [1.807, 2.05) is 0 Å². The molecule has 0 aliphatic heterocycles. The first-order valence-corrected chi connectivity index (χ1v) is 3.90. The quantitative estimate of drug-likeness (QED) is 0.634. The minimum Gasteiger partial charge on any atom is -0.249 e. The van der Waals surface area contributed by atoms with Crippen molar-refractivity contribution in [2.24, 2.45) is 0 Å². The maximum Gasteiger partial charge on any atom is 0.419 e. The molecule has 0 radical (unpaired) electrons. The molecule has 66 valence electrons. The van der Waals surface area contributed by atoms with Crippen LogP contribution in [0.5, 0.6) is 0 Å². The molecule has 0 unspecified atom stereocenters. The fraction of sp³-hybridized carbons (Fsp3) is 0.286. The second-order valence-electron chi connectivity index (χ2n) is 2.29. The fourth-order valence-corrected chi connectivity index (χ4v) is 1.52. The predicted octanol–water partition coefficient (Wildman–Crippen LogP) is 3.17. The maximum atomic E-state index is 12.2. The van der Waals surface area contributed by atoms with Gasteiger partial charge in [-0.2, -0.15) is 13.2 Å². The summed E-state index contributed by atoms with van der Waals surface area (Å²) in [6, 6.07) is 1.33. The first-order valence-electron chi connectivity index (χ1n) is 3.11. The summed E-state index contributed by atoms with van der Waals surface area (Å²) in [7, 11) is 0. The largest absolute Gasteiger partial charge is 0.419 e. The lowest BCUT2D eigenvalue weighted by Crippen LogP contribution is -2.09. The zero-order chi connectivity index (χ0) is 9.35. The Morgan fingerprint density at radius 2 is 2.00 bits per heavy atom. The number of hydrogen-bond donors (Lipinski definition) is 0. The summed E-state index contributed by atoms with van der Waals surface area (Å²) in [6.07, 6.45) is -3.01. The molecule has 0 amide bonds. The van der Waals surface area contributed by atoms with Crippen LogP contribution in [0, 0.1) is 6.92 Å². The predicted molar refractivity (Wildman–Crippen MR) is 41.7 cm³/mol. The van der Waals surface area contributed by atoms with Gasteiger partial charge in [-0.05, 0) is 34.5 Å². The molecule has 0 aliphatic rings. The lowest BCUT2D eigenvalue weighted by atomic mass is 10.1. The SMILES string of the molecule is Cc1ccnc(Br)c1C(F)(F)F. The monoisotopic (exact) mass is 239 g/mol. The van der Waals surface area contributed by atoms with Crippen molar-refractivity contribution in [1.29, 1.82) is 0 Å². The second-order valence-corrected chi connectivity index (χ2v) is 3.04. The van der Waals surface area contributed by atoms with Crippen LogP contribution < -0.4 is 0 Å². The number of aryl methyl sites for hydroxylation is 1. The van der Waals surface area contributed by atoms with Crippen molar-refractivity contribution in [3.8, 4) is 0 Å². The van der Waals surface area contributed by atoms with Gasteiger partial charge in [0.05, 0.1) is 5.56 Å². The van der Waals surface area contributed by atoms with Gasteiger partial charge in [-0.3, -0.25) is 0 Å². The summed E-state index contributed by atoms with van der Waals surface area (Å²) in [5, 5.41) is 0. The molecule has 0 bridgehead atoms. The van der Waals surface area contributed by atoms with Crippen molar-refractivity contribution in [2.45, 2.75) is 13.1 Å². The minimum absolute atomic E-state index is 0.157. The van der Waals surface area contributed by atoms with Crippen LogP contribution in [-0.4, -0.2) is 4.98 Å². The van der Waals surface area contributed by atoms with Crippen LogP contribution in [0.2, 0.25) is 0 Å². The molecule has 0 spiro atoms. The number of alkyl halides is 3. The van der Waals surface area contributed by atoms with E-state index in [1.165, 1.54) is 19.2 Å². The Labute approximate surface area is 75.7 Å². The molecular formula is C7H5BrF3N. The molecule has 0 fully saturated rings. The molecule has 1 rings (SSSR count). The van der Waals surface area contributed by atoms with Gasteiger partial charge in [0.2, 0.25) is 0 Å². The molecule has 0 aromatic carbocycles. The van der Waals surface area contributed by atoms with E-state index in [9.17, 15) is 13.2 Å². The maximum absolute atomic E-state index is 12.2. The average molecular weight is 240 g/mol. The summed E-state index contributed by atoms with van der Waals surface area (Å²) < 4.78 is 36.6. The van der Waals surface area contributed by atoms with Gasteiger partial charge in [0.25, 0.3) is 0 Å². The van der Waals surface area contributed by atoms with Gasteiger partial charge >= 0.3 is 6.18 Å². The number of rotatable bonds is 0. The Morgan fingerprint density at radius 3 is 2.33 bits per heavy atom. The lowest BCUT2D eigenvalue weighted by Gasteiger charge is -2.10. The van der Waals surface area contributed by atoms with Crippen LogP contribution in [-0.2, 0) is 6.18 Å². The highest BCUT2D eigenvalue weighted by Crippen LogP contribution is 2.35. The van der Waals surface area contributed by atoms with Crippen molar-refractivity contribution in [2.75, 3.05) is 0 Å². The smallest absolute Gasteiger partial charge is 0.249 e. The highest BCUT2D eigenvalue weighted by molar-refractivity contribution is 9.10. The van der Waals surface area contributed by atoms with Crippen molar-refractivity contribution < 1.29 is 13.2 Å². The van der Waals surface area contributed by atoms with E-state index in [-0.39, 0.29) is 10.2 Å². The van der Waals surface area contributed by atoms with Crippen LogP contribution in [0.4, 0.5) is 13.2 Å². The first-order chi connectivity index (χ1) is 5.43. The summed E-state index contributed by atoms with van der Waals surface area (Å²) in [5.41, 5.74) is -0.533. The van der Waals surface area contributed by atoms with Crippen molar-refractivity contribution in [3.05, 3.63) is 28.0 Å². The molecule has 0 saturated heterocycles. The zero-order valence-corrected chi connectivity index (χ0v) is 7.70. The average Bonchev–Trinajstić information content (AvgIpc) is 1.82. The fourth-order valence-electron chi connectivity index (χ4n) is 0.866. The summed E-state index contributed by atoms with van der Waals surface area (Å²) in [5.74, 6) is 0.